The van der Waals surface area contributed by atoms with Crippen molar-refractivity contribution in [2.24, 2.45) is 5.92 Å². The van der Waals surface area contributed by atoms with Crippen LogP contribution in [0.1, 0.15) is 37.9 Å². The summed E-state index contributed by atoms with van der Waals surface area (Å²) in [6.45, 7) is 0.669. The molecule has 4 heteroatoms. The van der Waals surface area contributed by atoms with Crippen molar-refractivity contribution in [1.82, 2.24) is 10.5 Å². The standard InChI is InChI=1S/C12H17N3O/c13-8-10-4-2-1-3-5-12(10)14-9-11-6-7-15-16-11/h6-7,10,12,14H,1-5,9H2. The molecule has 0 aliphatic heterocycles. The number of aromatic nitrogens is 1. The zero-order valence-corrected chi connectivity index (χ0v) is 9.35. The normalized spacial score (nSPS) is 25.9. The second-order valence-corrected chi connectivity index (χ2v) is 4.34. The Morgan fingerprint density at radius 2 is 2.31 bits per heavy atom. The highest BCUT2D eigenvalue weighted by atomic mass is 16.5. The Hall–Kier alpha value is -1.34. The third-order valence-corrected chi connectivity index (χ3v) is 3.21. The van der Waals surface area contributed by atoms with E-state index in [4.69, 9.17) is 9.78 Å². The molecule has 86 valence electrons. The van der Waals surface area contributed by atoms with Gasteiger partial charge in [-0.25, -0.2) is 0 Å². The predicted octanol–water partition coefficient (Wildman–Crippen LogP) is 2.24. The molecule has 1 N–H and O–H groups in total. The van der Waals surface area contributed by atoms with E-state index >= 15 is 0 Å². The van der Waals surface area contributed by atoms with E-state index in [1.807, 2.05) is 6.07 Å². The highest BCUT2D eigenvalue weighted by Gasteiger charge is 2.23. The zero-order chi connectivity index (χ0) is 11.2. The van der Waals surface area contributed by atoms with E-state index in [9.17, 15) is 0 Å². The van der Waals surface area contributed by atoms with Gasteiger partial charge in [-0.3, -0.25) is 0 Å². The number of rotatable bonds is 3. The van der Waals surface area contributed by atoms with Crippen molar-refractivity contribution in [3.63, 3.8) is 0 Å². The van der Waals surface area contributed by atoms with Crippen LogP contribution in [0, 0.1) is 17.2 Å². The Labute approximate surface area is 95.6 Å². The molecule has 1 aliphatic carbocycles. The Kier molecular flexibility index (Phi) is 3.95. The molecule has 4 nitrogen and oxygen atoms in total. The highest BCUT2D eigenvalue weighted by molar-refractivity contribution is 4.97. The molecule has 0 saturated heterocycles. The van der Waals surface area contributed by atoms with Gasteiger partial charge in [0.15, 0.2) is 0 Å². The van der Waals surface area contributed by atoms with Gasteiger partial charge in [-0.2, -0.15) is 5.26 Å². The molecule has 0 radical (unpaired) electrons. The second-order valence-electron chi connectivity index (χ2n) is 4.34. The van der Waals surface area contributed by atoms with Gasteiger partial charge in [0.25, 0.3) is 0 Å². The summed E-state index contributed by atoms with van der Waals surface area (Å²) >= 11 is 0. The fourth-order valence-electron chi connectivity index (χ4n) is 2.27. The van der Waals surface area contributed by atoms with Crippen molar-refractivity contribution in [3.05, 3.63) is 18.0 Å². The summed E-state index contributed by atoms with van der Waals surface area (Å²) in [5, 5.41) is 16.2. The van der Waals surface area contributed by atoms with E-state index < -0.39 is 0 Å². The first-order valence-electron chi connectivity index (χ1n) is 5.92. The second kappa shape index (κ2) is 5.66. The summed E-state index contributed by atoms with van der Waals surface area (Å²) in [6, 6.07) is 4.57. The van der Waals surface area contributed by atoms with E-state index in [-0.39, 0.29) is 5.92 Å². The Morgan fingerprint density at radius 1 is 1.44 bits per heavy atom. The molecule has 1 fully saturated rings. The van der Waals surface area contributed by atoms with E-state index in [0.29, 0.717) is 12.6 Å². The maximum Gasteiger partial charge on any atom is 0.150 e. The van der Waals surface area contributed by atoms with Gasteiger partial charge >= 0.3 is 0 Å². The van der Waals surface area contributed by atoms with Crippen molar-refractivity contribution < 1.29 is 4.52 Å². The smallest absolute Gasteiger partial charge is 0.150 e. The molecule has 2 rings (SSSR count). The number of hydrogen-bond acceptors (Lipinski definition) is 4. The lowest BCUT2D eigenvalue weighted by Crippen LogP contribution is -2.34. The summed E-state index contributed by atoms with van der Waals surface area (Å²) in [7, 11) is 0. The largest absolute Gasteiger partial charge is 0.360 e. The fourth-order valence-corrected chi connectivity index (χ4v) is 2.27. The maximum absolute atomic E-state index is 9.12. The monoisotopic (exact) mass is 219 g/mol. The number of nitriles is 1. The third-order valence-electron chi connectivity index (χ3n) is 3.21. The van der Waals surface area contributed by atoms with Crippen LogP contribution in [-0.2, 0) is 6.54 Å². The molecule has 0 aromatic carbocycles. The van der Waals surface area contributed by atoms with Gasteiger partial charge in [0.1, 0.15) is 5.76 Å². The molecule has 2 atom stereocenters. The van der Waals surface area contributed by atoms with E-state index in [1.165, 1.54) is 19.3 Å². The number of hydrogen-bond donors (Lipinski definition) is 1. The highest BCUT2D eigenvalue weighted by Crippen LogP contribution is 2.23. The maximum atomic E-state index is 9.12. The quantitative estimate of drug-likeness (QED) is 0.792. The topological polar surface area (TPSA) is 61.9 Å². The molecule has 1 aromatic rings. The Morgan fingerprint density at radius 3 is 3.06 bits per heavy atom. The average molecular weight is 219 g/mol. The van der Waals surface area contributed by atoms with Gasteiger partial charge in [-0.05, 0) is 12.8 Å². The van der Waals surface area contributed by atoms with Crippen LogP contribution in [0.3, 0.4) is 0 Å². The van der Waals surface area contributed by atoms with Crippen LogP contribution in [0.4, 0.5) is 0 Å². The Balaban J connectivity index is 1.88. The van der Waals surface area contributed by atoms with Gasteiger partial charge in [0.05, 0.1) is 24.7 Å². The van der Waals surface area contributed by atoms with Gasteiger partial charge < -0.3 is 9.84 Å². The lowest BCUT2D eigenvalue weighted by Gasteiger charge is -2.19. The number of nitrogens with zero attached hydrogens (tertiary/aromatic N) is 2. The van der Waals surface area contributed by atoms with Crippen molar-refractivity contribution in [2.75, 3.05) is 0 Å². The third kappa shape index (κ3) is 2.83. The van der Waals surface area contributed by atoms with Crippen LogP contribution >= 0.6 is 0 Å². The number of nitrogens with one attached hydrogen (secondary N) is 1. The van der Waals surface area contributed by atoms with Crippen molar-refractivity contribution in [3.8, 4) is 6.07 Å². The molecule has 0 amide bonds. The molecule has 16 heavy (non-hydrogen) atoms. The molecular weight excluding hydrogens is 202 g/mol. The predicted molar refractivity (Wildman–Crippen MR) is 59.3 cm³/mol. The average Bonchev–Trinajstić information content (AvgIpc) is 2.71. The van der Waals surface area contributed by atoms with Gasteiger partial charge in [0.2, 0.25) is 0 Å². The van der Waals surface area contributed by atoms with Crippen LogP contribution in [0.25, 0.3) is 0 Å². The fraction of sp³-hybridized carbons (Fsp3) is 0.667. The van der Waals surface area contributed by atoms with Gasteiger partial charge in [-0.1, -0.05) is 24.4 Å². The van der Waals surface area contributed by atoms with E-state index in [1.54, 1.807) is 6.20 Å². The molecule has 0 bridgehead atoms. The molecule has 2 unspecified atom stereocenters. The molecule has 0 spiro atoms. The minimum absolute atomic E-state index is 0.144. The van der Waals surface area contributed by atoms with Crippen LogP contribution in [0.5, 0.6) is 0 Å². The van der Waals surface area contributed by atoms with Crippen LogP contribution in [0.2, 0.25) is 0 Å². The summed E-state index contributed by atoms with van der Waals surface area (Å²) in [5.41, 5.74) is 0. The summed E-state index contributed by atoms with van der Waals surface area (Å²) in [5.74, 6) is 0.978. The minimum atomic E-state index is 0.144. The van der Waals surface area contributed by atoms with Crippen molar-refractivity contribution >= 4 is 0 Å². The molecule has 1 aliphatic rings. The summed E-state index contributed by atoms with van der Waals surface area (Å²) in [4.78, 5) is 0. The van der Waals surface area contributed by atoms with Crippen molar-refractivity contribution in [2.45, 2.75) is 44.7 Å². The summed E-state index contributed by atoms with van der Waals surface area (Å²) in [6.07, 6.45) is 7.40. The van der Waals surface area contributed by atoms with Gasteiger partial charge in [-0.15, -0.1) is 0 Å². The summed E-state index contributed by atoms with van der Waals surface area (Å²) < 4.78 is 5.03. The molecule has 1 heterocycles. The van der Waals surface area contributed by atoms with Crippen LogP contribution in [0.15, 0.2) is 16.8 Å². The first kappa shape index (κ1) is 11.2. The molecule has 1 saturated carbocycles. The Bertz CT molecular complexity index is 342. The molecular formula is C12H17N3O. The molecule has 1 aromatic heterocycles. The zero-order valence-electron chi connectivity index (χ0n) is 9.35. The van der Waals surface area contributed by atoms with E-state index in [2.05, 4.69) is 16.5 Å². The lowest BCUT2D eigenvalue weighted by atomic mass is 9.96. The van der Waals surface area contributed by atoms with E-state index in [0.717, 1.165) is 18.6 Å². The SMILES string of the molecule is N#CC1CCCCCC1NCc1ccno1. The first-order valence-corrected chi connectivity index (χ1v) is 5.92. The van der Waals surface area contributed by atoms with Gasteiger partial charge in [0, 0.05) is 12.1 Å². The van der Waals surface area contributed by atoms with Crippen molar-refractivity contribution in [1.29, 1.82) is 5.26 Å². The first-order chi connectivity index (χ1) is 7.90. The lowest BCUT2D eigenvalue weighted by molar-refractivity contribution is 0.338. The van der Waals surface area contributed by atoms with Crippen LogP contribution in [-0.4, -0.2) is 11.2 Å². The minimum Gasteiger partial charge on any atom is -0.360 e. The van der Waals surface area contributed by atoms with Crippen LogP contribution < -0.4 is 5.32 Å².